The zero-order valence-corrected chi connectivity index (χ0v) is 15.2. The molecule has 0 spiro atoms. The van der Waals surface area contributed by atoms with E-state index >= 15 is 0 Å². The van der Waals surface area contributed by atoms with Crippen LogP contribution >= 0.6 is 0 Å². The van der Waals surface area contributed by atoms with Gasteiger partial charge in [-0.3, -0.25) is 0 Å². The van der Waals surface area contributed by atoms with E-state index in [1.807, 2.05) is 12.1 Å². The molecule has 1 aliphatic rings. The van der Waals surface area contributed by atoms with Gasteiger partial charge in [0.15, 0.2) is 0 Å². The zero-order chi connectivity index (χ0) is 19.2. The maximum absolute atomic E-state index is 11.0. The highest BCUT2D eigenvalue weighted by molar-refractivity contribution is 5.66. The average molecular weight is 374 g/mol. The minimum absolute atomic E-state index is 0.0705. The Morgan fingerprint density at radius 3 is 2.63 bits per heavy atom. The number of likely N-dealkylation sites (tertiary alicyclic amines) is 1. The van der Waals surface area contributed by atoms with Crippen LogP contribution in [0.25, 0.3) is 0 Å². The SMILES string of the molecule is COc1ccc(Nc2cc(OC3CCN(C(=O)O)CC3)ncn2)c(OC)c1. The van der Waals surface area contributed by atoms with Crippen LogP contribution in [0.1, 0.15) is 12.8 Å². The van der Waals surface area contributed by atoms with Crippen LogP contribution in [0.3, 0.4) is 0 Å². The molecular weight excluding hydrogens is 352 g/mol. The van der Waals surface area contributed by atoms with Gasteiger partial charge in [-0.25, -0.2) is 14.8 Å². The van der Waals surface area contributed by atoms with Gasteiger partial charge >= 0.3 is 6.09 Å². The number of hydrogen-bond donors (Lipinski definition) is 2. The number of ether oxygens (including phenoxy) is 3. The van der Waals surface area contributed by atoms with E-state index in [9.17, 15) is 4.79 Å². The van der Waals surface area contributed by atoms with E-state index in [2.05, 4.69) is 15.3 Å². The summed E-state index contributed by atoms with van der Waals surface area (Å²) in [4.78, 5) is 20.7. The Bertz CT molecular complexity index is 793. The van der Waals surface area contributed by atoms with Gasteiger partial charge in [-0.05, 0) is 12.1 Å². The van der Waals surface area contributed by atoms with Crippen molar-refractivity contribution >= 4 is 17.6 Å². The van der Waals surface area contributed by atoms with Crippen LogP contribution in [0.4, 0.5) is 16.3 Å². The summed E-state index contributed by atoms with van der Waals surface area (Å²) in [6.07, 6.45) is 1.71. The van der Waals surface area contributed by atoms with Gasteiger partial charge in [0.1, 0.15) is 29.7 Å². The summed E-state index contributed by atoms with van der Waals surface area (Å²) in [5.41, 5.74) is 0.734. The first-order valence-corrected chi connectivity index (χ1v) is 8.54. The normalized spacial score (nSPS) is 14.5. The quantitative estimate of drug-likeness (QED) is 0.795. The highest BCUT2D eigenvalue weighted by atomic mass is 16.5. The average Bonchev–Trinajstić information content (AvgIpc) is 2.69. The van der Waals surface area contributed by atoms with E-state index < -0.39 is 6.09 Å². The Hall–Kier alpha value is -3.23. The molecule has 0 saturated carbocycles. The van der Waals surface area contributed by atoms with Gasteiger partial charge < -0.3 is 29.5 Å². The smallest absolute Gasteiger partial charge is 0.407 e. The van der Waals surface area contributed by atoms with Crippen LogP contribution < -0.4 is 19.5 Å². The largest absolute Gasteiger partial charge is 0.497 e. The topological polar surface area (TPSA) is 106 Å². The van der Waals surface area contributed by atoms with Crippen molar-refractivity contribution in [2.75, 3.05) is 32.6 Å². The number of nitrogens with one attached hydrogen (secondary N) is 1. The summed E-state index contributed by atoms with van der Waals surface area (Å²) in [6.45, 7) is 0.915. The van der Waals surface area contributed by atoms with E-state index in [1.54, 1.807) is 26.4 Å². The molecule has 1 aromatic carbocycles. The van der Waals surface area contributed by atoms with Crippen molar-refractivity contribution in [2.24, 2.45) is 0 Å². The number of rotatable bonds is 6. The van der Waals surface area contributed by atoms with E-state index in [0.29, 0.717) is 49.1 Å². The molecule has 9 nitrogen and oxygen atoms in total. The van der Waals surface area contributed by atoms with E-state index in [-0.39, 0.29) is 6.10 Å². The molecule has 3 rings (SSSR count). The molecule has 2 aromatic rings. The fourth-order valence-corrected chi connectivity index (χ4v) is 2.85. The number of amides is 1. The first-order chi connectivity index (χ1) is 13.1. The highest BCUT2D eigenvalue weighted by Crippen LogP contribution is 2.31. The summed E-state index contributed by atoms with van der Waals surface area (Å²) in [7, 11) is 3.18. The molecule has 0 bridgehead atoms. The van der Waals surface area contributed by atoms with Crippen LogP contribution in [0.2, 0.25) is 0 Å². The van der Waals surface area contributed by atoms with Crippen molar-refractivity contribution in [2.45, 2.75) is 18.9 Å². The van der Waals surface area contributed by atoms with Gasteiger partial charge in [-0.15, -0.1) is 0 Å². The van der Waals surface area contributed by atoms with Gasteiger partial charge in [0, 0.05) is 38.1 Å². The molecule has 2 heterocycles. The number of carbonyl (C=O) groups is 1. The predicted octanol–water partition coefficient (Wildman–Crippen LogP) is 2.76. The van der Waals surface area contributed by atoms with E-state index in [1.165, 1.54) is 11.2 Å². The van der Waals surface area contributed by atoms with Crippen molar-refractivity contribution in [1.82, 2.24) is 14.9 Å². The Kier molecular flexibility index (Phi) is 5.80. The Balaban J connectivity index is 1.65. The first-order valence-electron chi connectivity index (χ1n) is 8.54. The number of nitrogens with zero attached hydrogens (tertiary/aromatic N) is 3. The standard InChI is InChI=1S/C18H22N4O5/c1-25-13-3-4-14(15(9-13)26-2)21-16-10-17(20-11-19-16)27-12-5-7-22(8-6-12)18(23)24/h3-4,9-12H,5-8H2,1-2H3,(H,23,24)(H,19,20,21). The summed E-state index contributed by atoms with van der Waals surface area (Å²) < 4.78 is 16.5. The first kappa shape index (κ1) is 18.6. The van der Waals surface area contributed by atoms with Crippen LogP contribution in [0.5, 0.6) is 17.4 Å². The molecule has 2 N–H and O–H groups in total. The number of carboxylic acid groups (broad SMARTS) is 1. The lowest BCUT2D eigenvalue weighted by Gasteiger charge is -2.29. The Labute approximate surface area is 156 Å². The minimum atomic E-state index is -0.893. The molecule has 1 saturated heterocycles. The number of hydrogen-bond acceptors (Lipinski definition) is 7. The summed E-state index contributed by atoms with van der Waals surface area (Å²) >= 11 is 0. The fourth-order valence-electron chi connectivity index (χ4n) is 2.85. The van der Waals surface area contributed by atoms with Crippen molar-refractivity contribution in [1.29, 1.82) is 0 Å². The van der Waals surface area contributed by atoms with Gasteiger partial charge in [-0.2, -0.15) is 0 Å². The molecule has 1 fully saturated rings. The molecule has 0 aliphatic carbocycles. The number of aromatic nitrogens is 2. The maximum Gasteiger partial charge on any atom is 0.407 e. The lowest BCUT2D eigenvalue weighted by molar-refractivity contribution is 0.0870. The van der Waals surface area contributed by atoms with Gasteiger partial charge in [0.2, 0.25) is 5.88 Å². The van der Waals surface area contributed by atoms with Gasteiger partial charge in [-0.1, -0.05) is 0 Å². The Morgan fingerprint density at radius 1 is 1.19 bits per heavy atom. The van der Waals surface area contributed by atoms with Crippen molar-refractivity contribution < 1.29 is 24.1 Å². The molecular formula is C18H22N4O5. The highest BCUT2D eigenvalue weighted by Gasteiger charge is 2.23. The number of piperidine rings is 1. The van der Waals surface area contributed by atoms with Crippen LogP contribution in [0, 0.1) is 0 Å². The number of benzene rings is 1. The van der Waals surface area contributed by atoms with E-state index in [0.717, 1.165) is 5.69 Å². The van der Waals surface area contributed by atoms with Crippen molar-refractivity contribution in [3.8, 4) is 17.4 Å². The molecule has 144 valence electrons. The molecule has 0 unspecified atom stereocenters. The van der Waals surface area contributed by atoms with Gasteiger partial charge in [0.05, 0.1) is 19.9 Å². The summed E-state index contributed by atoms with van der Waals surface area (Å²) in [5.74, 6) is 2.31. The molecule has 1 aromatic heterocycles. The fraction of sp³-hybridized carbons (Fsp3) is 0.389. The van der Waals surface area contributed by atoms with Gasteiger partial charge in [0.25, 0.3) is 0 Å². The Morgan fingerprint density at radius 2 is 1.96 bits per heavy atom. The maximum atomic E-state index is 11.0. The molecule has 1 amide bonds. The lowest BCUT2D eigenvalue weighted by Crippen LogP contribution is -2.41. The molecule has 27 heavy (non-hydrogen) atoms. The second-order valence-corrected chi connectivity index (χ2v) is 6.02. The zero-order valence-electron chi connectivity index (χ0n) is 15.2. The second kappa shape index (κ2) is 8.43. The minimum Gasteiger partial charge on any atom is -0.497 e. The third kappa shape index (κ3) is 4.69. The van der Waals surface area contributed by atoms with Crippen molar-refractivity contribution in [3.63, 3.8) is 0 Å². The lowest BCUT2D eigenvalue weighted by atomic mass is 10.1. The predicted molar refractivity (Wildman–Crippen MR) is 98.1 cm³/mol. The third-order valence-electron chi connectivity index (χ3n) is 4.31. The molecule has 0 atom stereocenters. The van der Waals surface area contributed by atoms with Crippen LogP contribution in [-0.2, 0) is 0 Å². The van der Waals surface area contributed by atoms with Crippen LogP contribution in [-0.4, -0.2) is 59.5 Å². The number of anilines is 2. The second-order valence-electron chi connectivity index (χ2n) is 6.02. The van der Waals surface area contributed by atoms with Crippen LogP contribution in [0.15, 0.2) is 30.6 Å². The summed E-state index contributed by atoms with van der Waals surface area (Å²) in [5, 5.41) is 12.2. The monoisotopic (exact) mass is 374 g/mol. The molecule has 9 heteroatoms. The molecule has 1 aliphatic heterocycles. The third-order valence-corrected chi connectivity index (χ3v) is 4.31. The summed E-state index contributed by atoms with van der Waals surface area (Å²) in [6, 6.07) is 7.13. The van der Waals surface area contributed by atoms with E-state index in [4.69, 9.17) is 19.3 Å². The number of methoxy groups -OCH3 is 2. The van der Waals surface area contributed by atoms with Crippen molar-refractivity contribution in [3.05, 3.63) is 30.6 Å². The molecule has 0 radical (unpaired) electrons.